The van der Waals surface area contributed by atoms with Gasteiger partial charge in [-0.05, 0) is 56.7 Å². The van der Waals surface area contributed by atoms with Gasteiger partial charge in [-0.15, -0.1) is 11.3 Å². The van der Waals surface area contributed by atoms with Crippen LogP contribution >= 0.6 is 11.3 Å². The summed E-state index contributed by atoms with van der Waals surface area (Å²) in [5.41, 5.74) is 2.55. The second-order valence-electron chi connectivity index (χ2n) is 8.55. The van der Waals surface area contributed by atoms with E-state index in [1.54, 1.807) is 12.1 Å². The van der Waals surface area contributed by atoms with E-state index in [0.717, 1.165) is 41.1 Å². The van der Waals surface area contributed by atoms with Crippen LogP contribution in [0.5, 0.6) is 17.2 Å². The molecular weight excluding hydrogens is 474 g/mol. The molecule has 0 saturated heterocycles. The lowest BCUT2D eigenvalue weighted by molar-refractivity contribution is 0.0494. The lowest BCUT2D eigenvalue weighted by atomic mass is 10.1. The van der Waals surface area contributed by atoms with Crippen LogP contribution in [0.1, 0.15) is 76.1 Å². The molecule has 0 bridgehead atoms. The molecule has 0 spiro atoms. The van der Waals surface area contributed by atoms with E-state index in [2.05, 4.69) is 6.92 Å². The summed E-state index contributed by atoms with van der Waals surface area (Å²) in [6.07, 6.45) is 8.04. The number of hydrogen-bond donors (Lipinski definition) is 1. The van der Waals surface area contributed by atoms with Gasteiger partial charge in [0.1, 0.15) is 16.3 Å². The maximum atomic E-state index is 12.6. The third-order valence-electron chi connectivity index (χ3n) is 5.79. The van der Waals surface area contributed by atoms with Gasteiger partial charge in [0.05, 0.1) is 25.5 Å². The first-order valence-electron chi connectivity index (χ1n) is 12.9. The van der Waals surface area contributed by atoms with E-state index in [0.29, 0.717) is 31.3 Å². The zero-order chi connectivity index (χ0) is 25.8. The molecule has 2 aromatic carbocycles. The van der Waals surface area contributed by atoms with Crippen molar-refractivity contribution >= 4 is 17.3 Å². The van der Waals surface area contributed by atoms with Crippen molar-refractivity contribution in [3.63, 3.8) is 0 Å². The fourth-order valence-corrected chi connectivity index (χ4v) is 4.71. The summed E-state index contributed by atoms with van der Waals surface area (Å²) in [5.74, 6) is 0.789. The number of phenols is 1. The van der Waals surface area contributed by atoms with E-state index in [-0.39, 0.29) is 11.3 Å². The highest BCUT2D eigenvalue weighted by Gasteiger charge is 2.16. The maximum Gasteiger partial charge on any atom is 0.341 e. The molecule has 194 valence electrons. The van der Waals surface area contributed by atoms with Crippen molar-refractivity contribution in [3.05, 3.63) is 47.3 Å². The van der Waals surface area contributed by atoms with Crippen LogP contribution in [0.15, 0.2) is 41.8 Å². The average molecular weight is 512 g/mol. The number of benzene rings is 2. The van der Waals surface area contributed by atoms with Crippen LogP contribution in [-0.4, -0.2) is 35.9 Å². The van der Waals surface area contributed by atoms with Crippen molar-refractivity contribution < 1.29 is 24.1 Å². The van der Waals surface area contributed by atoms with E-state index < -0.39 is 5.97 Å². The number of ether oxygens (including phenoxy) is 3. The molecule has 0 unspecified atom stereocenters. The van der Waals surface area contributed by atoms with Crippen molar-refractivity contribution in [2.75, 3.05) is 19.8 Å². The Morgan fingerprint density at radius 3 is 2.31 bits per heavy atom. The van der Waals surface area contributed by atoms with Crippen LogP contribution in [0.4, 0.5) is 0 Å². The molecule has 3 aromatic rings. The fraction of sp³-hybridized carbons (Fsp3) is 0.448. The minimum atomic E-state index is -0.511. The van der Waals surface area contributed by atoms with Gasteiger partial charge in [-0.25, -0.2) is 9.78 Å². The zero-order valence-corrected chi connectivity index (χ0v) is 22.4. The number of aromatic nitrogens is 1. The molecule has 0 aliphatic carbocycles. The first-order chi connectivity index (χ1) is 17.6. The van der Waals surface area contributed by atoms with Gasteiger partial charge in [0.15, 0.2) is 11.5 Å². The summed E-state index contributed by atoms with van der Waals surface area (Å²) in [5, 5.41) is 13.0. The molecule has 0 saturated carbocycles. The van der Waals surface area contributed by atoms with Gasteiger partial charge < -0.3 is 19.3 Å². The van der Waals surface area contributed by atoms with Gasteiger partial charge in [-0.1, -0.05) is 45.4 Å². The van der Waals surface area contributed by atoms with Gasteiger partial charge in [-0.3, -0.25) is 0 Å². The number of hydrogen-bond acceptors (Lipinski definition) is 7. The molecule has 36 heavy (non-hydrogen) atoms. The Morgan fingerprint density at radius 2 is 1.56 bits per heavy atom. The molecule has 3 rings (SSSR count). The molecule has 0 fully saturated rings. The Kier molecular flexibility index (Phi) is 11.1. The van der Waals surface area contributed by atoms with Gasteiger partial charge in [-0.2, -0.15) is 0 Å². The lowest BCUT2D eigenvalue weighted by Crippen LogP contribution is -2.07. The topological polar surface area (TPSA) is 77.9 Å². The van der Waals surface area contributed by atoms with E-state index in [9.17, 15) is 9.90 Å². The highest BCUT2D eigenvalue weighted by molar-refractivity contribution is 7.13. The number of nitrogens with zero attached hydrogens (tertiary/aromatic N) is 1. The highest BCUT2D eigenvalue weighted by atomic mass is 32.1. The molecule has 0 aliphatic heterocycles. The van der Waals surface area contributed by atoms with Gasteiger partial charge >= 0.3 is 5.97 Å². The van der Waals surface area contributed by atoms with Gasteiger partial charge in [0.2, 0.25) is 0 Å². The molecule has 1 heterocycles. The first-order valence-corrected chi connectivity index (χ1v) is 13.8. The first kappa shape index (κ1) is 27.5. The predicted molar refractivity (Wildman–Crippen MR) is 145 cm³/mol. The monoisotopic (exact) mass is 511 g/mol. The summed E-state index contributed by atoms with van der Waals surface area (Å²) in [6, 6.07) is 10.7. The van der Waals surface area contributed by atoms with E-state index in [1.165, 1.54) is 43.1 Å². The van der Waals surface area contributed by atoms with Crippen LogP contribution < -0.4 is 9.47 Å². The quantitative estimate of drug-likeness (QED) is 0.165. The number of rotatable bonds is 15. The van der Waals surface area contributed by atoms with Crippen molar-refractivity contribution in [1.29, 1.82) is 0 Å². The van der Waals surface area contributed by atoms with Crippen molar-refractivity contribution in [2.45, 2.75) is 65.7 Å². The van der Waals surface area contributed by atoms with E-state index in [4.69, 9.17) is 19.2 Å². The summed E-state index contributed by atoms with van der Waals surface area (Å²) < 4.78 is 16.8. The predicted octanol–water partition coefficient (Wildman–Crippen LogP) is 7.89. The smallest absolute Gasteiger partial charge is 0.341 e. The van der Waals surface area contributed by atoms with Crippen LogP contribution in [0.2, 0.25) is 0 Å². The largest absolute Gasteiger partial charge is 0.507 e. The van der Waals surface area contributed by atoms with Crippen LogP contribution in [0.25, 0.3) is 21.8 Å². The van der Waals surface area contributed by atoms with Gasteiger partial charge in [0, 0.05) is 16.5 Å². The summed E-state index contributed by atoms with van der Waals surface area (Å²) in [4.78, 5) is 17.4. The summed E-state index contributed by atoms with van der Waals surface area (Å²) in [7, 11) is 0. The number of aromatic hydroxyl groups is 1. The van der Waals surface area contributed by atoms with Gasteiger partial charge in [0.25, 0.3) is 0 Å². The van der Waals surface area contributed by atoms with E-state index in [1.807, 2.05) is 37.4 Å². The molecule has 0 atom stereocenters. The van der Waals surface area contributed by atoms with Crippen LogP contribution in [0, 0.1) is 0 Å². The zero-order valence-electron chi connectivity index (χ0n) is 21.5. The lowest BCUT2D eigenvalue weighted by Gasteiger charge is -2.11. The fourth-order valence-electron chi connectivity index (χ4n) is 3.88. The number of thiazole rings is 1. The molecule has 1 aromatic heterocycles. The third kappa shape index (κ3) is 7.72. The van der Waals surface area contributed by atoms with Crippen molar-refractivity contribution in [2.24, 2.45) is 0 Å². The molecular formula is C29H37NO5S. The van der Waals surface area contributed by atoms with E-state index >= 15 is 0 Å². The Labute approximate surface area is 218 Å². The Balaban J connectivity index is 1.65. The highest BCUT2D eigenvalue weighted by Crippen LogP contribution is 2.36. The van der Waals surface area contributed by atoms with Crippen LogP contribution in [0.3, 0.4) is 0 Å². The number of phenolic OH excluding ortho intramolecular Hbond substituents is 1. The molecule has 0 aliphatic rings. The molecule has 0 amide bonds. The second-order valence-corrected chi connectivity index (χ2v) is 9.41. The maximum absolute atomic E-state index is 12.6. The second kappa shape index (κ2) is 14.5. The molecule has 1 N–H and O–H groups in total. The third-order valence-corrected chi connectivity index (χ3v) is 6.68. The molecule has 7 heteroatoms. The summed E-state index contributed by atoms with van der Waals surface area (Å²) in [6.45, 7) is 7.54. The Hall–Kier alpha value is -3.06. The van der Waals surface area contributed by atoms with Crippen molar-refractivity contribution in [3.8, 4) is 39.1 Å². The SMILES string of the molecule is CCCCCCCCCOC(=O)c1cc(-c2csc(-c3ccc(OCC)c(OCC)c3)n2)ccc1O. The Morgan fingerprint density at radius 1 is 0.861 bits per heavy atom. The van der Waals surface area contributed by atoms with Crippen molar-refractivity contribution in [1.82, 2.24) is 4.98 Å². The normalized spacial score (nSPS) is 10.9. The molecule has 6 nitrogen and oxygen atoms in total. The number of unbranched alkanes of at least 4 members (excludes halogenated alkanes) is 6. The Bertz CT molecular complexity index is 1110. The average Bonchev–Trinajstić information content (AvgIpc) is 3.37. The standard InChI is InChI=1S/C29H37NO5S/c1-4-7-8-9-10-11-12-17-35-29(32)23-18-21(13-15-25(23)31)24-20-36-28(30-24)22-14-16-26(33-5-2)27(19-22)34-6-3/h13-16,18-20,31H,4-12,17H2,1-3H3. The molecule has 0 radical (unpaired) electrons. The number of carbonyl (C=O) groups excluding carboxylic acids is 1. The minimum Gasteiger partial charge on any atom is -0.507 e. The minimum absolute atomic E-state index is 0.0911. The number of carbonyl (C=O) groups is 1. The number of esters is 1. The van der Waals surface area contributed by atoms with Crippen LogP contribution in [-0.2, 0) is 4.74 Å². The summed E-state index contributed by atoms with van der Waals surface area (Å²) >= 11 is 1.50.